The predicted molar refractivity (Wildman–Crippen MR) is 133 cm³/mol. The van der Waals surface area contributed by atoms with Crippen LogP contribution in [0.3, 0.4) is 0 Å². The van der Waals surface area contributed by atoms with E-state index in [1.165, 1.54) is 11.1 Å². The van der Waals surface area contributed by atoms with E-state index < -0.39 is 0 Å². The van der Waals surface area contributed by atoms with Gasteiger partial charge in [-0.1, -0.05) is 30.3 Å². The molecule has 2 aromatic carbocycles. The molecular weight excluding hydrogens is 489 g/mol. The van der Waals surface area contributed by atoms with Gasteiger partial charge >= 0.3 is 0 Å². The molecule has 30 heavy (non-hydrogen) atoms. The summed E-state index contributed by atoms with van der Waals surface area (Å²) >= 11 is 0. The summed E-state index contributed by atoms with van der Waals surface area (Å²) in [6.07, 6.45) is 0. The van der Waals surface area contributed by atoms with E-state index in [1.807, 2.05) is 35.9 Å². The van der Waals surface area contributed by atoms with Crippen LogP contribution < -0.4 is 15.4 Å². The summed E-state index contributed by atoms with van der Waals surface area (Å²) < 4.78 is 7.47. The molecular formula is C23H30IN5O. The van der Waals surface area contributed by atoms with Crippen LogP contribution in [0.5, 0.6) is 5.75 Å². The predicted octanol–water partition coefficient (Wildman–Crippen LogP) is 4.29. The number of methoxy groups -OCH3 is 1. The summed E-state index contributed by atoms with van der Waals surface area (Å²) in [6, 6.07) is 16.4. The summed E-state index contributed by atoms with van der Waals surface area (Å²) in [5.74, 6) is 1.61. The van der Waals surface area contributed by atoms with Crippen molar-refractivity contribution >= 4 is 29.9 Å². The molecule has 6 nitrogen and oxygen atoms in total. The van der Waals surface area contributed by atoms with Gasteiger partial charge < -0.3 is 15.4 Å². The third kappa shape index (κ3) is 5.53. The fourth-order valence-electron chi connectivity index (χ4n) is 3.32. The lowest BCUT2D eigenvalue weighted by Gasteiger charge is -2.14. The number of aliphatic imine (C=N–C) groups is 1. The Labute approximate surface area is 195 Å². The van der Waals surface area contributed by atoms with Crippen molar-refractivity contribution in [2.24, 2.45) is 4.99 Å². The van der Waals surface area contributed by atoms with E-state index in [1.54, 1.807) is 14.2 Å². The molecule has 0 radical (unpaired) electrons. The van der Waals surface area contributed by atoms with E-state index in [4.69, 9.17) is 9.84 Å². The first-order valence-corrected chi connectivity index (χ1v) is 9.72. The molecule has 1 heterocycles. The van der Waals surface area contributed by atoms with Gasteiger partial charge in [0.2, 0.25) is 0 Å². The Kier molecular flexibility index (Phi) is 8.71. The zero-order chi connectivity index (χ0) is 20.8. The Morgan fingerprint density at radius 3 is 2.40 bits per heavy atom. The number of rotatable bonds is 6. The Morgan fingerprint density at radius 1 is 1.03 bits per heavy atom. The number of benzene rings is 2. The highest BCUT2D eigenvalue weighted by Crippen LogP contribution is 2.20. The van der Waals surface area contributed by atoms with Crippen molar-refractivity contribution in [1.29, 1.82) is 0 Å². The van der Waals surface area contributed by atoms with Gasteiger partial charge in [-0.15, -0.1) is 24.0 Å². The number of hydrogen-bond donors (Lipinski definition) is 2. The minimum absolute atomic E-state index is 0. The normalized spacial score (nSPS) is 11.0. The highest BCUT2D eigenvalue weighted by molar-refractivity contribution is 14.0. The second-order valence-electron chi connectivity index (χ2n) is 6.99. The highest BCUT2D eigenvalue weighted by Gasteiger charge is 2.13. The second kappa shape index (κ2) is 11.0. The third-order valence-corrected chi connectivity index (χ3v) is 4.99. The molecule has 0 amide bonds. The smallest absolute Gasteiger partial charge is 0.191 e. The van der Waals surface area contributed by atoms with E-state index >= 15 is 0 Å². The number of ether oxygens (including phenoxy) is 1. The molecule has 160 valence electrons. The van der Waals surface area contributed by atoms with Crippen LogP contribution in [0.15, 0.2) is 53.5 Å². The molecule has 0 fully saturated rings. The Balaban J connectivity index is 0.00000320. The number of aryl methyl sites for hydroxylation is 2. The fraction of sp³-hybridized carbons (Fsp3) is 0.304. The maximum absolute atomic E-state index is 5.49. The largest absolute Gasteiger partial charge is 0.496 e. The molecule has 0 atom stereocenters. The number of para-hydroxylation sites is 1. The van der Waals surface area contributed by atoms with Crippen molar-refractivity contribution in [3.63, 3.8) is 0 Å². The van der Waals surface area contributed by atoms with E-state index in [9.17, 15) is 0 Å². The topological polar surface area (TPSA) is 63.5 Å². The first-order valence-electron chi connectivity index (χ1n) is 9.72. The third-order valence-electron chi connectivity index (χ3n) is 4.99. The molecule has 0 aliphatic heterocycles. The summed E-state index contributed by atoms with van der Waals surface area (Å²) in [4.78, 5) is 4.34. The van der Waals surface area contributed by atoms with Crippen LogP contribution in [0.2, 0.25) is 0 Å². The van der Waals surface area contributed by atoms with Crippen LogP contribution in [0.25, 0.3) is 5.69 Å². The Hall–Kier alpha value is -2.55. The van der Waals surface area contributed by atoms with Crippen LogP contribution in [-0.2, 0) is 13.1 Å². The van der Waals surface area contributed by atoms with Crippen LogP contribution in [0, 0.1) is 20.8 Å². The standard InChI is InChI=1S/C23H29N5O.HI/c1-16-11-12-19(22(13-16)29-5)14-25-23(24-4)26-15-21-17(2)27-28(18(21)3)20-9-7-6-8-10-20;/h6-13H,14-15H2,1-5H3,(H2,24,25,26);1H. The Bertz CT molecular complexity index is 998. The minimum atomic E-state index is 0. The molecule has 0 saturated carbocycles. The first kappa shape index (κ1) is 23.7. The minimum Gasteiger partial charge on any atom is -0.496 e. The molecule has 7 heteroatoms. The number of nitrogens with zero attached hydrogens (tertiary/aromatic N) is 3. The molecule has 3 aromatic rings. The molecule has 0 saturated heterocycles. The maximum atomic E-state index is 5.49. The van der Waals surface area contributed by atoms with Crippen molar-refractivity contribution in [1.82, 2.24) is 20.4 Å². The summed E-state index contributed by atoms with van der Waals surface area (Å²) in [7, 11) is 3.47. The van der Waals surface area contributed by atoms with Gasteiger partial charge in [-0.05, 0) is 44.5 Å². The van der Waals surface area contributed by atoms with Gasteiger partial charge in [0.1, 0.15) is 5.75 Å². The van der Waals surface area contributed by atoms with Gasteiger partial charge in [0, 0.05) is 37.0 Å². The van der Waals surface area contributed by atoms with Crippen LogP contribution >= 0.6 is 24.0 Å². The van der Waals surface area contributed by atoms with Gasteiger partial charge in [0.15, 0.2) is 5.96 Å². The van der Waals surface area contributed by atoms with E-state index in [-0.39, 0.29) is 24.0 Å². The van der Waals surface area contributed by atoms with Gasteiger partial charge in [0.05, 0.1) is 18.5 Å². The molecule has 1 aromatic heterocycles. The zero-order valence-electron chi connectivity index (χ0n) is 18.2. The molecule has 0 aliphatic rings. The molecule has 0 bridgehead atoms. The van der Waals surface area contributed by atoms with Crippen LogP contribution in [-0.4, -0.2) is 29.9 Å². The zero-order valence-corrected chi connectivity index (χ0v) is 20.5. The monoisotopic (exact) mass is 519 g/mol. The molecule has 0 aliphatic carbocycles. The van der Waals surface area contributed by atoms with Crippen molar-refractivity contribution in [2.45, 2.75) is 33.9 Å². The fourth-order valence-corrected chi connectivity index (χ4v) is 3.32. The summed E-state index contributed by atoms with van der Waals surface area (Å²) in [6.45, 7) is 7.47. The quantitative estimate of drug-likeness (QED) is 0.290. The lowest BCUT2D eigenvalue weighted by atomic mass is 10.1. The van der Waals surface area contributed by atoms with Crippen LogP contribution in [0.4, 0.5) is 0 Å². The van der Waals surface area contributed by atoms with E-state index in [0.717, 1.165) is 34.3 Å². The lowest BCUT2D eigenvalue weighted by molar-refractivity contribution is 0.408. The highest BCUT2D eigenvalue weighted by atomic mass is 127. The number of aromatic nitrogens is 2. The second-order valence-corrected chi connectivity index (χ2v) is 6.99. The van der Waals surface area contributed by atoms with Crippen molar-refractivity contribution in [3.8, 4) is 11.4 Å². The SMILES string of the molecule is CN=C(NCc1ccc(C)cc1OC)NCc1c(C)nn(-c2ccccc2)c1C.I. The molecule has 3 rings (SSSR count). The maximum Gasteiger partial charge on any atom is 0.191 e. The van der Waals surface area contributed by atoms with Gasteiger partial charge in [-0.25, -0.2) is 4.68 Å². The van der Waals surface area contributed by atoms with E-state index in [2.05, 4.69) is 53.7 Å². The Morgan fingerprint density at radius 2 is 1.73 bits per heavy atom. The summed E-state index contributed by atoms with van der Waals surface area (Å²) in [5, 5.41) is 11.5. The van der Waals surface area contributed by atoms with Crippen LogP contribution in [0.1, 0.15) is 28.1 Å². The molecule has 0 unspecified atom stereocenters. The number of halogens is 1. The number of nitrogens with one attached hydrogen (secondary N) is 2. The van der Waals surface area contributed by atoms with E-state index in [0.29, 0.717) is 13.1 Å². The van der Waals surface area contributed by atoms with Crippen molar-refractivity contribution < 1.29 is 4.74 Å². The number of guanidine groups is 1. The average molecular weight is 519 g/mol. The van der Waals surface area contributed by atoms with Crippen molar-refractivity contribution in [3.05, 3.63) is 76.6 Å². The van der Waals surface area contributed by atoms with Gasteiger partial charge in [-0.3, -0.25) is 4.99 Å². The lowest BCUT2D eigenvalue weighted by Crippen LogP contribution is -2.36. The van der Waals surface area contributed by atoms with Crippen molar-refractivity contribution in [2.75, 3.05) is 14.2 Å². The molecule has 0 spiro atoms. The van der Waals surface area contributed by atoms with Gasteiger partial charge in [-0.2, -0.15) is 5.10 Å². The van der Waals surface area contributed by atoms with Gasteiger partial charge in [0.25, 0.3) is 0 Å². The number of hydrogen-bond acceptors (Lipinski definition) is 3. The first-order chi connectivity index (χ1) is 14.0. The average Bonchev–Trinajstić information content (AvgIpc) is 3.03. The molecule has 2 N–H and O–H groups in total. The summed E-state index contributed by atoms with van der Waals surface area (Å²) in [5.41, 5.74) is 6.63.